The summed E-state index contributed by atoms with van der Waals surface area (Å²) in [6, 6.07) is 24.5. The van der Waals surface area contributed by atoms with Crippen LogP contribution in [0.4, 0.5) is 11.4 Å². The second-order valence-corrected chi connectivity index (χ2v) is 5.00. The van der Waals surface area contributed by atoms with Crippen LogP contribution >= 0.6 is 0 Å². The maximum absolute atomic E-state index is 8.58. The van der Waals surface area contributed by atoms with E-state index in [4.69, 9.17) is 14.8 Å². The van der Waals surface area contributed by atoms with Crippen LogP contribution < -0.4 is 15.5 Å². The van der Waals surface area contributed by atoms with Crippen molar-refractivity contribution in [2.75, 3.05) is 5.32 Å². The summed E-state index contributed by atoms with van der Waals surface area (Å²) in [5.41, 5.74) is 2.56. The fourth-order valence-electron chi connectivity index (χ4n) is 2.21. The molecule has 5 heteroatoms. The predicted octanol–water partition coefficient (Wildman–Crippen LogP) is 2.90. The third-order valence-corrected chi connectivity index (χ3v) is 3.36. The first-order valence-corrected chi connectivity index (χ1v) is 7.28. The lowest BCUT2D eigenvalue weighted by Crippen LogP contribution is -2.29. The molecule has 0 radical (unpaired) electrons. The van der Waals surface area contributed by atoms with Crippen molar-refractivity contribution in [2.45, 2.75) is 0 Å². The molecule has 1 heterocycles. The molecule has 3 aromatic carbocycles. The van der Waals surface area contributed by atoms with Gasteiger partial charge in [-0.25, -0.2) is 0 Å². The van der Waals surface area contributed by atoms with Crippen molar-refractivity contribution in [3.63, 3.8) is 0 Å². The normalized spacial score (nSPS) is 10.9. The molecule has 23 heavy (non-hydrogen) atoms. The van der Waals surface area contributed by atoms with Gasteiger partial charge in [0.25, 0.3) is 0 Å². The molecule has 0 saturated carbocycles. The lowest BCUT2D eigenvalue weighted by atomic mass is 9.81. The van der Waals surface area contributed by atoms with Crippen LogP contribution in [-0.2, 0) is 0 Å². The first-order chi connectivity index (χ1) is 11.2. The Hall–Kier alpha value is -2.76. The standard InChI is InChI=1S/C12H9NO.C6H7BO2/c1-3-7-11-9(5-1)13-10-6-2-4-8-12(10)14-11;8-7(9)6-4-2-1-3-5-6/h1-8,13H;1-5,8-9H. The molecular formula is C18H16BNO3. The molecule has 3 aromatic rings. The first-order valence-electron chi connectivity index (χ1n) is 7.28. The minimum absolute atomic E-state index is 0.525. The summed E-state index contributed by atoms with van der Waals surface area (Å²) in [5, 5.41) is 20.5. The van der Waals surface area contributed by atoms with Crippen LogP contribution in [0.1, 0.15) is 0 Å². The SMILES string of the molecule is OB(O)c1ccccc1.c1ccc2c(c1)Nc1ccccc1O2. The van der Waals surface area contributed by atoms with Gasteiger partial charge in [0.05, 0.1) is 11.4 Å². The second kappa shape index (κ2) is 7.00. The van der Waals surface area contributed by atoms with Gasteiger partial charge in [-0.2, -0.15) is 0 Å². The van der Waals surface area contributed by atoms with Gasteiger partial charge in [0, 0.05) is 0 Å². The second-order valence-electron chi connectivity index (χ2n) is 5.00. The highest BCUT2D eigenvalue weighted by Gasteiger charge is 2.13. The van der Waals surface area contributed by atoms with Crippen molar-refractivity contribution in [3.8, 4) is 11.5 Å². The maximum Gasteiger partial charge on any atom is 0.488 e. The number of hydrogen-bond acceptors (Lipinski definition) is 4. The molecule has 0 aromatic heterocycles. The van der Waals surface area contributed by atoms with Crippen LogP contribution in [0.3, 0.4) is 0 Å². The number of rotatable bonds is 1. The number of nitrogens with one attached hydrogen (secondary N) is 1. The lowest BCUT2D eigenvalue weighted by molar-refractivity contribution is 0.426. The van der Waals surface area contributed by atoms with Crippen molar-refractivity contribution in [1.29, 1.82) is 0 Å². The molecule has 0 fully saturated rings. The Morgan fingerprint density at radius 1 is 0.652 bits per heavy atom. The molecule has 114 valence electrons. The molecule has 0 amide bonds. The lowest BCUT2D eigenvalue weighted by Gasteiger charge is -2.20. The van der Waals surface area contributed by atoms with Gasteiger partial charge < -0.3 is 20.1 Å². The maximum atomic E-state index is 8.58. The summed E-state index contributed by atoms with van der Waals surface area (Å²) in [4.78, 5) is 0. The highest BCUT2D eigenvalue weighted by atomic mass is 16.5. The zero-order chi connectivity index (χ0) is 16.1. The fraction of sp³-hybridized carbons (Fsp3) is 0. The topological polar surface area (TPSA) is 61.7 Å². The predicted molar refractivity (Wildman–Crippen MR) is 92.5 cm³/mol. The van der Waals surface area contributed by atoms with E-state index < -0.39 is 7.12 Å². The van der Waals surface area contributed by atoms with Gasteiger partial charge >= 0.3 is 7.12 Å². The molecule has 0 unspecified atom stereocenters. The third kappa shape index (κ3) is 3.72. The van der Waals surface area contributed by atoms with Gasteiger partial charge in [-0.05, 0) is 29.7 Å². The van der Waals surface area contributed by atoms with Crippen LogP contribution in [-0.4, -0.2) is 17.2 Å². The average molecular weight is 305 g/mol. The zero-order valence-corrected chi connectivity index (χ0v) is 12.4. The van der Waals surface area contributed by atoms with E-state index in [1.54, 1.807) is 24.3 Å². The van der Waals surface area contributed by atoms with Gasteiger partial charge in [-0.3, -0.25) is 0 Å². The number of fused-ring (bicyclic) bond motifs is 2. The van der Waals surface area contributed by atoms with E-state index in [1.807, 2.05) is 54.6 Å². The first kappa shape index (κ1) is 15.2. The summed E-state index contributed by atoms with van der Waals surface area (Å²) in [7, 11) is -1.34. The number of hydrogen-bond donors (Lipinski definition) is 3. The largest absolute Gasteiger partial charge is 0.488 e. The molecule has 4 rings (SSSR count). The van der Waals surface area contributed by atoms with E-state index in [9.17, 15) is 0 Å². The minimum atomic E-state index is -1.34. The number of para-hydroxylation sites is 4. The highest BCUT2D eigenvalue weighted by molar-refractivity contribution is 6.58. The van der Waals surface area contributed by atoms with Crippen molar-refractivity contribution in [2.24, 2.45) is 0 Å². The minimum Gasteiger partial charge on any atom is -0.453 e. The van der Waals surface area contributed by atoms with Crippen LogP contribution in [0.2, 0.25) is 0 Å². The molecule has 0 saturated heterocycles. The molecule has 1 aliphatic heterocycles. The van der Waals surface area contributed by atoms with Crippen molar-refractivity contribution in [1.82, 2.24) is 0 Å². The monoisotopic (exact) mass is 305 g/mol. The van der Waals surface area contributed by atoms with Crippen LogP contribution in [0.5, 0.6) is 11.5 Å². The average Bonchev–Trinajstić information content (AvgIpc) is 2.61. The van der Waals surface area contributed by atoms with Crippen LogP contribution in [0.25, 0.3) is 0 Å². The molecule has 4 nitrogen and oxygen atoms in total. The molecule has 0 bridgehead atoms. The molecule has 0 spiro atoms. The molecule has 3 N–H and O–H groups in total. The van der Waals surface area contributed by atoms with Crippen LogP contribution in [0.15, 0.2) is 78.9 Å². The Morgan fingerprint density at radius 2 is 1.13 bits per heavy atom. The van der Waals surface area contributed by atoms with Gasteiger partial charge in [-0.1, -0.05) is 54.6 Å². The van der Waals surface area contributed by atoms with Crippen LogP contribution in [0, 0.1) is 0 Å². The van der Waals surface area contributed by atoms with E-state index in [0.717, 1.165) is 22.9 Å². The summed E-state index contributed by atoms with van der Waals surface area (Å²) in [5.74, 6) is 1.76. The summed E-state index contributed by atoms with van der Waals surface area (Å²) in [6.45, 7) is 0. The number of anilines is 2. The summed E-state index contributed by atoms with van der Waals surface area (Å²) < 4.78 is 5.71. The Bertz CT molecular complexity index is 690. The Kier molecular flexibility index (Phi) is 4.61. The van der Waals surface area contributed by atoms with Crippen molar-refractivity contribution < 1.29 is 14.8 Å². The molecular weight excluding hydrogens is 289 g/mol. The Morgan fingerprint density at radius 3 is 1.61 bits per heavy atom. The number of ether oxygens (including phenoxy) is 1. The Balaban J connectivity index is 0.000000151. The van der Waals surface area contributed by atoms with Gasteiger partial charge in [0.1, 0.15) is 0 Å². The Labute approximate surface area is 135 Å². The smallest absolute Gasteiger partial charge is 0.453 e. The summed E-state index contributed by atoms with van der Waals surface area (Å²) >= 11 is 0. The van der Waals surface area contributed by atoms with E-state index >= 15 is 0 Å². The fourth-order valence-corrected chi connectivity index (χ4v) is 2.21. The van der Waals surface area contributed by atoms with E-state index in [1.165, 1.54) is 0 Å². The summed E-state index contributed by atoms with van der Waals surface area (Å²) in [6.07, 6.45) is 0. The van der Waals surface area contributed by atoms with Gasteiger partial charge in [-0.15, -0.1) is 0 Å². The highest BCUT2D eigenvalue weighted by Crippen LogP contribution is 2.40. The van der Waals surface area contributed by atoms with Crippen molar-refractivity contribution in [3.05, 3.63) is 78.9 Å². The molecule has 1 aliphatic rings. The van der Waals surface area contributed by atoms with Gasteiger partial charge in [0.2, 0.25) is 0 Å². The zero-order valence-electron chi connectivity index (χ0n) is 12.4. The van der Waals surface area contributed by atoms with E-state index in [0.29, 0.717) is 5.46 Å². The van der Waals surface area contributed by atoms with Crippen molar-refractivity contribution >= 4 is 24.0 Å². The van der Waals surface area contributed by atoms with E-state index in [-0.39, 0.29) is 0 Å². The number of benzene rings is 3. The third-order valence-electron chi connectivity index (χ3n) is 3.36. The molecule has 0 atom stereocenters. The molecule has 0 aliphatic carbocycles. The van der Waals surface area contributed by atoms with Gasteiger partial charge in [0.15, 0.2) is 11.5 Å². The quantitative estimate of drug-likeness (QED) is 0.473. The van der Waals surface area contributed by atoms with E-state index in [2.05, 4.69) is 5.32 Å².